The van der Waals surface area contributed by atoms with Gasteiger partial charge in [0.1, 0.15) is 11.6 Å². The smallest absolute Gasteiger partial charge is 0.152 e. The standard InChI is InChI=1S/C20H24N2O2/c1-5-15(2)20(21-19-9-7-6-8-16(19)14-23)22(3)17-10-12-18(24-4)13-11-17/h6-15H,5H2,1-4H3. The van der Waals surface area contributed by atoms with Gasteiger partial charge in [-0.25, -0.2) is 4.99 Å². The van der Waals surface area contributed by atoms with Gasteiger partial charge in [0.15, 0.2) is 6.29 Å². The van der Waals surface area contributed by atoms with E-state index in [2.05, 4.69) is 18.7 Å². The number of ether oxygens (including phenoxy) is 1. The van der Waals surface area contributed by atoms with Crippen molar-refractivity contribution in [2.24, 2.45) is 10.9 Å². The molecule has 1 atom stereocenters. The lowest BCUT2D eigenvalue weighted by atomic mass is 10.1. The van der Waals surface area contributed by atoms with E-state index in [0.29, 0.717) is 11.3 Å². The third-order valence-corrected chi connectivity index (χ3v) is 4.16. The van der Waals surface area contributed by atoms with Crippen molar-refractivity contribution in [2.45, 2.75) is 20.3 Å². The zero-order chi connectivity index (χ0) is 17.5. The minimum absolute atomic E-state index is 0.261. The highest BCUT2D eigenvalue weighted by Gasteiger charge is 2.16. The van der Waals surface area contributed by atoms with Crippen LogP contribution in [0, 0.1) is 5.92 Å². The lowest BCUT2D eigenvalue weighted by Crippen LogP contribution is -2.31. The molecular weight excluding hydrogens is 300 g/mol. The van der Waals surface area contributed by atoms with Crippen LogP contribution >= 0.6 is 0 Å². The van der Waals surface area contributed by atoms with Crippen molar-refractivity contribution in [3.63, 3.8) is 0 Å². The molecular formula is C20H24N2O2. The number of benzene rings is 2. The maximum Gasteiger partial charge on any atom is 0.152 e. The van der Waals surface area contributed by atoms with E-state index < -0.39 is 0 Å². The van der Waals surface area contributed by atoms with Gasteiger partial charge in [-0.05, 0) is 42.8 Å². The van der Waals surface area contributed by atoms with Gasteiger partial charge >= 0.3 is 0 Å². The number of para-hydroxylation sites is 1. The summed E-state index contributed by atoms with van der Waals surface area (Å²) in [4.78, 5) is 18.1. The van der Waals surface area contributed by atoms with Gasteiger partial charge < -0.3 is 9.64 Å². The summed E-state index contributed by atoms with van der Waals surface area (Å²) in [5.41, 5.74) is 2.32. The Bertz CT molecular complexity index is 708. The molecule has 0 saturated carbocycles. The molecule has 2 rings (SSSR count). The summed E-state index contributed by atoms with van der Waals surface area (Å²) in [7, 11) is 3.65. The minimum atomic E-state index is 0.261. The van der Waals surface area contributed by atoms with Crippen molar-refractivity contribution in [3.05, 3.63) is 54.1 Å². The number of hydrogen-bond donors (Lipinski definition) is 0. The van der Waals surface area contributed by atoms with E-state index in [4.69, 9.17) is 9.73 Å². The highest BCUT2D eigenvalue weighted by Crippen LogP contribution is 2.24. The van der Waals surface area contributed by atoms with Crippen LogP contribution in [0.3, 0.4) is 0 Å². The summed E-state index contributed by atoms with van der Waals surface area (Å²) in [6.45, 7) is 4.27. The summed E-state index contributed by atoms with van der Waals surface area (Å²) in [5.74, 6) is 2.01. The van der Waals surface area contributed by atoms with Gasteiger partial charge in [-0.1, -0.05) is 26.0 Å². The van der Waals surface area contributed by atoms with E-state index in [-0.39, 0.29) is 5.92 Å². The second kappa shape index (κ2) is 8.29. The number of hydrogen-bond acceptors (Lipinski definition) is 3. The summed E-state index contributed by atoms with van der Waals surface area (Å²) >= 11 is 0. The topological polar surface area (TPSA) is 41.9 Å². The molecule has 0 bridgehead atoms. The lowest BCUT2D eigenvalue weighted by Gasteiger charge is -2.26. The molecule has 0 aliphatic rings. The minimum Gasteiger partial charge on any atom is -0.497 e. The molecule has 0 N–H and O–H groups in total. The molecule has 2 aromatic carbocycles. The average Bonchev–Trinajstić information content (AvgIpc) is 2.65. The van der Waals surface area contributed by atoms with Crippen LogP contribution in [0.4, 0.5) is 11.4 Å². The first-order chi connectivity index (χ1) is 11.6. The molecule has 0 fully saturated rings. The molecule has 1 unspecified atom stereocenters. The summed E-state index contributed by atoms with van der Waals surface area (Å²) in [5, 5.41) is 0. The summed E-state index contributed by atoms with van der Waals surface area (Å²) < 4.78 is 5.22. The monoisotopic (exact) mass is 324 g/mol. The molecule has 0 amide bonds. The highest BCUT2D eigenvalue weighted by atomic mass is 16.5. The lowest BCUT2D eigenvalue weighted by molar-refractivity contribution is 0.112. The Morgan fingerprint density at radius 2 is 1.88 bits per heavy atom. The molecule has 0 heterocycles. The molecule has 126 valence electrons. The van der Waals surface area contributed by atoms with E-state index >= 15 is 0 Å². The Kier molecular flexibility index (Phi) is 6.13. The van der Waals surface area contributed by atoms with Gasteiger partial charge in [0, 0.05) is 24.2 Å². The SMILES string of the molecule is CCC(C)C(=Nc1ccccc1C=O)N(C)c1ccc(OC)cc1. The molecule has 4 heteroatoms. The van der Waals surface area contributed by atoms with Crippen molar-refractivity contribution in [1.82, 2.24) is 0 Å². The third-order valence-electron chi connectivity index (χ3n) is 4.16. The van der Waals surface area contributed by atoms with Gasteiger partial charge in [0.05, 0.1) is 12.8 Å². The normalized spacial score (nSPS) is 12.6. The number of aldehydes is 1. The number of carbonyl (C=O) groups is 1. The second-order valence-electron chi connectivity index (χ2n) is 5.71. The van der Waals surface area contributed by atoms with Crippen LogP contribution < -0.4 is 9.64 Å². The zero-order valence-electron chi connectivity index (χ0n) is 14.7. The van der Waals surface area contributed by atoms with Gasteiger partial charge in [0.2, 0.25) is 0 Å². The first kappa shape index (κ1) is 17.7. The molecule has 24 heavy (non-hydrogen) atoms. The largest absolute Gasteiger partial charge is 0.497 e. The zero-order valence-corrected chi connectivity index (χ0v) is 14.7. The molecule has 0 saturated heterocycles. The molecule has 2 aromatic rings. The Balaban J connectivity index is 2.43. The van der Waals surface area contributed by atoms with E-state index in [1.54, 1.807) is 13.2 Å². The van der Waals surface area contributed by atoms with E-state index in [1.165, 1.54) is 0 Å². The molecule has 0 spiro atoms. The average molecular weight is 324 g/mol. The van der Waals surface area contributed by atoms with Crippen LogP contribution in [0.2, 0.25) is 0 Å². The number of anilines is 1. The fraction of sp³-hybridized carbons (Fsp3) is 0.300. The quantitative estimate of drug-likeness (QED) is 0.438. The fourth-order valence-corrected chi connectivity index (χ4v) is 2.45. The van der Waals surface area contributed by atoms with Gasteiger partial charge in [-0.2, -0.15) is 0 Å². The van der Waals surface area contributed by atoms with Gasteiger partial charge in [-0.3, -0.25) is 4.79 Å². The van der Waals surface area contributed by atoms with E-state index in [1.807, 2.05) is 49.5 Å². The van der Waals surface area contributed by atoms with Crippen LogP contribution in [0.15, 0.2) is 53.5 Å². The Morgan fingerprint density at radius 3 is 2.46 bits per heavy atom. The van der Waals surface area contributed by atoms with Crippen LogP contribution in [0.1, 0.15) is 30.6 Å². The molecule has 0 aromatic heterocycles. The molecule has 0 radical (unpaired) electrons. The number of methoxy groups -OCH3 is 1. The van der Waals surface area contributed by atoms with Crippen LogP contribution in [0.5, 0.6) is 5.75 Å². The van der Waals surface area contributed by atoms with Crippen LogP contribution in [-0.2, 0) is 0 Å². The Morgan fingerprint density at radius 1 is 1.21 bits per heavy atom. The molecule has 4 nitrogen and oxygen atoms in total. The van der Waals surface area contributed by atoms with Crippen LogP contribution in [-0.4, -0.2) is 26.3 Å². The highest BCUT2D eigenvalue weighted by molar-refractivity contribution is 6.01. The maximum absolute atomic E-state index is 11.3. The number of aliphatic imine (C=N–C) groups is 1. The number of amidine groups is 1. The van der Waals surface area contributed by atoms with E-state index in [0.717, 1.165) is 30.0 Å². The predicted octanol–water partition coefficient (Wildman–Crippen LogP) is 4.72. The van der Waals surface area contributed by atoms with Crippen molar-refractivity contribution < 1.29 is 9.53 Å². The van der Waals surface area contributed by atoms with Gasteiger partial charge in [0.25, 0.3) is 0 Å². The van der Waals surface area contributed by atoms with Crippen molar-refractivity contribution in [3.8, 4) is 5.75 Å². The first-order valence-electron chi connectivity index (χ1n) is 8.11. The second-order valence-corrected chi connectivity index (χ2v) is 5.71. The number of nitrogens with zero attached hydrogens (tertiary/aromatic N) is 2. The Labute approximate surface area is 143 Å². The van der Waals surface area contributed by atoms with E-state index in [9.17, 15) is 4.79 Å². The first-order valence-corrected chi connectivity index (χ1v) is 8.11. The molecule has 0 aliphatic heterocycles. The number of rotatable bonds is 6. The van der Waals surface area contributed by atoms with Crippen LogP contribution in [0.25, 0.3) is 0 Å². The predicted molar refractivity (Wildman–Crippen MR) is 99.8 cm³/mol. The summed E-state index contributed by atoms with van der Waals surface area (Å²) in [6, 6.07) is 15.3. The fourth-order valence-electron chi connectivity index (χ4n) is 2.45. The van der Waals surface area contributed by atoms with Crippen molar-refractivity contribution in [2.75, 3.05) is 19.1 Å². The third kappa shape index (κ3) is 4.02. The van der Waals surface area contributed by atoms with Crippen molar-refractivity contribution in [1.29, 1.82) is 0 Å². The molecule has 0 aliphatic carbocycles. The summed E-state index contributed by atoms with van der Waals surface area (Å²) in [6.07, 6.45) is 1.81. The Hall–Kier alpha value is -2.62. The van der Waals surface area contributed by atoms with Crippen molar-refractivity contribution >= 4 is 23.5 Å². The number of carbonyl (C=O) groups excluding carboxylic acids is 1. The maximum atomic E-state index is 11.3. The van der Waals surface area contributed by atoms with Gasteiger partial charge in [-0.15, -0.1) is 0 Å².